The molecule has 0 radical (unpaired) electrons. The average Bonchev–Trinajstić information content (AvgIpc) is 2.82. The number of hydrogen-bond donors (Lipinski definition) is 1. The van der Waals surface area contributed by atoms with Gasteiger partial charge >= 0.3 is 0 Å². The summed E-state index contributed by atoms with van der Waals surface area (Å²) in [5.41, 5.74) is 1.92. The van der Waals surface area contributed by atoms with E-state index in [0.29, 0.717) is 11.6 Å². The first-order valence-corrected chi connectivity index (χ1v) is 5.53. The van der Waals surface area contributed by atoms with Crippen LogP contribution in [0.5, 0.6) is 0 Å². The van der Waals surface area contributed by atoms with Gasteiger partial charge in [0.2, 0.25) is 5.95 Å². The molecule has 0 atom stereocenters. The number of nitriles is 1. The number of allylic oxidation sites excluding steroid dienone is 1. The number of aromatic nitrogens is 2. The van der Waals surface area contributed by atoms with Gasteiger partial charge < -0.3 is 5.32 Å². The Kier molecular flexibility index (Phi) is 3.50. The highest BCUT2D eigenvalue weighted by Crippen LogP contribution is 2.20. The average molecular weight is 214 g/mol. The summed E-state index contributed by atoms with van der Waals surface area (Å²) in [5, 5.41) is 11.8. The van der Waals surface area contributed by atoms with Crippen molar-refractivity contribution in [2.24, 2.45) is 0 Å². The second kappa shape index (κ2) is 5.26. The molecule has 4 heteroatoms. The van der Waals surface area contributed by atoms with E-state index in [2.05, 4.69) is 21.4 Å². The van der Waals surface area contributed by atoms with E-state index < -0.39 is 0 Å². The van der Waals surface area contributed by atoms with Crippen LogP contribution in [0.1, 0.15) is 31.4 Å². The molecule has 0 aromatic carbocycles. The van der Waals surface area contributed by atoms with Crippen LogP contribution in [-0.4, -0.2) is 16.5 Å². The molecule has 1 heterocycles. The number of nitrogens with one attached hydrogen (secondary N) is 1. The van der Waals surface area contributed by atoms with Crippen LogP contribution in [0.2, 0.25) is 0 Å². The topological polar surface area (TPSA) is 61.6 Å². The van der Waals surface area contributed by atoms with E-state index in [4.69, 9.17) is 5.26 Å². The maximum Gasteiger partial charge on any atom is 0.223 e. The smallest absolute Gasteiger partial charge is 0.223 e. The quantitative estimate of drug-likeness (QED) is 0.781. The lowest BCUT2D eigenvalue weighted by Gasteiger charge is -2.04. The molecule has 82 valence electrons. The molecule has 0 spiro atoms. The van der Waals surface area contributed by atoms with E-state index >= 15 is 0 Å². The first-order valence-electron chi connectivity index (χ1n) is 5.53. The fourth-order valence-corrected chi connectivity index (χ4v) is 1.81. The van der Waals surface area contributed by atoms with Gasteiger partial charge in [0.25, 0.3) is 0 Å². The highest BCUT2D eigenvalue weighted by Gasteiger charge is 2.04. The summed E-state index contributed by atoms with van der Waals surface area (Å²) in [4.78, 5) is 8.11. The highest BCUT2D eigenvalue weighted by molar-refractivity contribution is 5.30. The molecule has 0 aliphatic heterocycles. The lowest BCUT2D eigenvalue weighted by molar-refractivity contribution is 0.859. The van der Waals surface area contributed by atoms with Crippen molar-refractivity contribution in [3.05, 3.63) is 29.6 Å². The lowest BCUT2D eigenvalue weighted by atomic mass is 10.2. The Bertz CT molecular complexity index is 431. The summed E-state index contributed by atoms with van der Waals surface area (Å²) in [6.07, 6.45) is 8.68. The summed E-state index contributed by atoms with van der Waals surface area (Å²) in [7, 11) is 0. The predicted molar refractivity (Wildman–Crippen MR) is 61.8 cm³/mol. The van der Waals surface area contributed by atoms with Crippen molar-refractivity contribution in [2.75, 3.05) is 11.9 Å². The minimum absolute atomic E-state index is 0.401. The van der Waals surface area contributed by atoms with Gasteiger partial charge in [-0.1, -0.05) is 11.6 Å². The molecule has 1 aromatic heterocycles. The van der Waals surface area contributed by atoms with Crippen LogP contribution in [0.3, 0.4) is 0 Å². The molecule has 0 saturated heterocycles. The summed E-state index contributed by atoms with van der Waals surface area (Å²) < 4.78 is 0. The normalized spacial score (nSPS) is 14.3. The second-order valence-corrected chi connectivity index (χ2v) is 3.81. The lowest BCUT2D eigenvalue weighted by Crippen LogP contribution is -2.06. The Labute approximate surface area is 95.0 Å². The maximum atomic E-state index is 8.68. The van der Waals surface area contributed by atoms with Gasteiger partial charge in [-0.3, -0.25) is 0 Å². The molecule has 1 aromatic rings. The van der Waals surface area contributed by atoms with Crippen LogP contribution >= 0.6 is 0 Å². The highest BCUT2D eigenvalue weighted by atomic mass is 15.1. The molecule has 0 amide bonds. The van der Waals surface area contributed by atoms with Gasteiger partial charge in [-0.15, -0.1) is 0 Å². The monoisotopic (exact) mass is 214 g/mol. The first-order chi connectivity index (χ1) is 7.88. The maximum absolute atomic E-state index is 8.68. The fourth-order valence-electron chi connectivity index (χ4n) is 1.81. The number of hydrogen-bond acceptors (Lipinski definition) is 4. The minimum atomic E-state index is 0.401. The van der Waals surface area contributed by atoms with Crippen LogP contribution in [0, 0.1) is 11.3 Å². The summed E-state index contributed by atoms with van der Waals surface area (Å²) in [6, 6.07) is 3.60. The molecule has 0 unspecified atom stereocenters. The van der Waals surface area contributed by atoms with Crippen LogP contribution in [-0.2, 0) is 0 Å². The fraction of sp³-hybridized carbons (Fsp3) is 0.417. The molecule has 4 nitrogen and oxygen atoms in total. The largest absolute Gasteiger partial charge is 0.354 e. The van der Waals surface area contributed by atoms with Crippen LogP contribution in [0.25, 0.3) is 0 Å². The van der Waals surface area contributed by atoms with E-state index in [9.17, 15) is 0 Å². The summed E-state index contributed by atoms with van der Waals surface area (Å²) in [5.74, 6) is 0.539. The standard InChI is InChI=1S/C12H14N4/c13-9-11-6-8-15-12(16-11)14-7-5-10-3-1-2-4-10/h3,6,8H,1-2,4-5,7H2,(H,14,15,16). The van der Waals surface area contributed by atoms with Crippen LogP contribution in [0.4, 0.5) is 5.95 Å². The van der Waals surface area contributed by atoms with Crippen molar-refractivity contribution < 1.29 is 0 Å². The number of rotatable bonds is 4. The molecule has 2 rings (SSSR count). The third-order valence-corrected chi connectivity index (χ3v) is 2.63. The van der Waals surface area contributed by atoms with E-state index in [-0.39, 0.29) is 0 Å². The van der Waals surface area contributed by atoms with E-state index in [0.717, 1.165) is 13.0 Å². The molecule has 0 fully saturated rings. The van der Waals surface area contributed by atoms with Gasteiger partial charge in [0.05, 0.1) is 0 Å². The molecule has 1 N–H and O–H groups in total. The van der Waals surface area contributed by atoms with Crippen molar-refractivity contribution in [1.82, 2.24) is 9.97 Å². The van der Waals surface area contributed by atoms with Crippen molar-refractivity contribution >= 4 is 5.95 Å². The van der Waals surface area contributed by atoms with Crippen molar-refractivity contribution in [2.45, 2.75) is 25.7 Å². The van der Waals surface area contributed by atoms with E-state index in [1.807, 2.05) is 6.07 Å². The zero-order chi connectivity index (χ0) is 11.2. The van der Waals surface area contributed by atoms with Gasteiger partial charge in [0.1, 0.15) is 11.8 Å². The Morgan fingerprint density at radius 2 is 2.44 bits per heavy atom. The Hall–Kier alpha value is -1.89. The molecule has 0 bridgehead atoms. The Morgan fingerprint density at radius 3 is 3.19 bits per heavy atom. The Morgan fingerprint density at radius 1 is 1.50 bits per heavy atom. The molecule has 16 heavy (non-hydrogen) atoms. The molecular weight excluding hydrogens is 200 g/mol. The molecule has 1 aliphatic carbocycles. The third kappa shape index (κ3) is 2.80. The molecular formula is C12H14N4. The second-order valence-electron chi connectivity index (χ2n) is 3.81. The van der Waals surface area contributed by atoms with E-state index in [1.165, 1.54) is 24.8 Å². The van der Waals surface area contributed by atoms with Gasteiger partial charge in [0.15, 0.2) is 0 Å². The van der Waals surface area contributed by atoms with Crippen molar-refractivity contribution in [1.29, 1.82) is 5.26 Å². The summed E-state index contributed by atoms with van der Waals surface area (Å²) in [6.45, 7) is 0.834. The van der Waals surface area contributed by atoms with Crippen molar-refractivity contribution in [3.63, 3.8) is 0 Å². The molecule has 1 aliphatic rings. The zero-order valence-electron chi connectivity index (χ0n) is 9.11. The van der Waals surface area contributed by atoms with Crippen molar-refractivity contribution in [3.8, 4) is 6.07 Å². The van der Waals surface area contributed by atoms with Crippen LogP contribution in [0.15, 0.2) is 23.9 Å². The zero-order valence-corrected chi connectivity index (χ0v) is 9.11. The first kappa shape index (κ1) is 10.6. The van der Waals surface area contributed by atoms with Gasteiger partial charge in [-0.2, -0.15) is 5.26 Å². The Balaban J connectivity index is 1.82. The van der Waals surface area contributed by atoms with E-state index in [1.54, 1.807) is 12.3 Å². The van der Waals surface area contributed by atoms with Crippen LogP contribution < -0.4 is 5.32 Å². The third-order valence-electron chi connectivity index (χ3n) is 2.63. The minimum Gasteiger partial charge on any atom is -0.354 e. The number of anilines is 1. The number of nitrogens with zero attached hydrogens (tertiary/aromatic N) is 3. The van der Waals surface area contributed by atoms with Gasteiger partial charge in [-0.05, 0) is 31.7 Å². The van der Waals surface area contributed by atoms with Gasteiger partial charge in [0, 0.05) is 12.7 Å². The molecule has 0 saturated carbocycles. The predicted octanol–water partition coefficient (Wildman–Crippen LogP) is 2.26. The summed E-state index contributed by atoms with van der Waals surface area (Å²) >= 11 is 0. The van der Waals surface area contributed by atoms with Gasteiger partial charge in [-0.25, -0.2) is 9.97 Å². The SMILES string of the molecule is N#Cc1ccnc(NCCC2=CCCC2)n1.